The van der Waals surface area contributed by atoms with Gasteiger partial charge in [-0.3, -0.25) is 4.90 Å². The van der Waals surface area contributed by atoms with Crippen LogP contribution >= 0.6 is 0 Å². The molecule has 1 N–H and O–H groups in total. The maximum absolute atomic E-state index is 5.39. The number of rotatable bonds is 4. The lowest BCUT2D eigenvalue weighted by Crippen LogP contribution is -2.47. The van der Waals surface area contributed by atoms with Crippen molar-refractivity contribution in [2.24, 2.45) is 0 Å². The largest absolute Gasteiger partial charge is 0.380 e. The number of methoxy groups -OCH3 is 1. The number of hydrogen-bond acceptors (Lipinski definition) is 3. The van der Waals surface area contributed by atoms with Crippen LogP contribution in [0.25, 0.3) is 0 Å². The second kappa shape index (κ2) is 5.58. The highest BCUT2D eigenvalue weighted by Crippen LogP contribution is 2.14. The van der Waals surface area contributed by atoms with E-state index in [1.54, 1.807) is 0 Å². The van der Waals surface area contributed by atoms with E-state index in [0.717, 1.165) is 13.1 Å². The van der Waals surface area contributed by atoms with Crippen LogP contribution in [0, 0.1) is 0 Å². The van der Waals surface area contributed by atoms with Crippen molar-refractivity contribution in [2.45, 2.75) is 31.9 Å². The molecule has 1 rings (SSSR count). The molecule has 0 aromatic heterocycles. The van der Waals surface area contributed by atoms with Gasteiger partial charge in [-0.05, 0) is 33.4 Å². The van der Waals surface area contributed by atoms with Gasteiger partial charge >= 0.3 is 0 Å². The highest BCUT2D eigenvalue weighted by molar-refractivity contribution is 4.77. The summed E-state index contributed by atoms with van der Waals surface area (Å²) < 4.78 is 5.39. The van der Waals surface area contributed by atoms with Crippen LogP contribution in [-0.4, -0.2) is 50.8 Å². The average molecular weight is 186 g/mol. The summed E-state index contributed by atoms with van der Waals surface area (Å²) in [4.78, 5) is 2.51. The van der Waals surface area contributed by atoms with Gasteiger partial charge in [-0.1, -0.05) is 0 Å². The Morgan fingerprint density at radius 1 is 1.62 bits per heavy atom. The Balaban J connectivity index is 2.32. The minimum absolute atomic E-state index is 0.452. The van der Waals surface area contributed by atoms with Crippen molar-refractivity contribution in [3.63, 3.8) is 0 Å². The van der Waals surface area contributed by atoms with Crippen LogP contribution in [0.2, 0.25) is 0 Å². The Morgan fingerprint density at radius 3 is 3.00 bits per heavy atom. The van der Waals surface area contributed by atoms with E-state index in [2.05, 4.69) is 17.1 Å². The maximum Gasteiger partial charge on any atom is 0.0698 e. The van der Waals surface area contributed by atoms with Gasteiger partial charge < -0.3 is 10.1 Å². The minimum atomic E-state index is 0.452. The molecule has 1 fully saturated rings. The summed E-state index contributed by atoms with van der Waals surface area (Å²) >= 11 is 0. The van der Waals surface area contributed by atoms with Crippen molar-refractivity contribution in [1.29, 1.82) is 0 Å². The molecule has 0 saturated carbocycles. The molecule has 0 amide bonds. The molecule has 78 valence electrons. The summed E-state index contributed by atoms with van der Waals surface area (Å²) in [6.07, 6.45) is 2.94. The molecule has 2 unspecified atom stereocenters. The van der Waals surface area contributed by atoms with Crippen LogP contribution in [0.4, 0.5) is 0 Å². The van der Waals surface area contributed by atoms with Crippen LogP contribution in [0.5, 0.6) is 0 Å². The van der Waals surface area contributed by atoms with Crippen molar-refractivity contribution in [3.8, 4) is 0 Å². The molecular weight excluding hydrogens is 164 g/mol. The molecule has 0 aliphatic carbocycles. The molecule has 1 heterocycles. The number of piperidine rings is 1. The van der Waals surface area contributed by atoms with E-state index < -0.39 is 0 Å². The highest BCUT2D eigenvalue weighted by Gasteiger charge is 2.22. The zero-order valence-electron chi connectivity index (χ0n) is 9.05. The molecule has 1 aliphatic rings. The van der Waals surface area contributed by atoms with Gasteiger partial charge in [-0.15, -0.1) is 0 Å². The number of nitrogens with zero attached hydrogens (tertiary/aromatic N) is 1. The number of likely N-dealkylation sites (tertiary alicyclic amines) is 1. The van der Waals surface area contributed by atoms with Gasteiger partial charge in [-0.25, -0.2) is 0 Å². The van der Waals surface area contributed by atoms with E-state index in [-0.39, 0.29) is 0 Å². The molecule has 3 nitrogen and oxygen atoms in total. The summed E-state index contributed by atoms with van der Waals surface area (Å²) in [5.41, 5.74) is 0. The van der Waals surface area contributed by atoms with Crippen LogP contribution < -0.4 is 5.32 Å². The lowest BCUT2D eigenvalue weighted by Gasteiger charge is -2.36. The summed E-state index contributed by atoms with van der Waals surface area (Å²) in [5, 5.41) is 3.22. The van der Waals surface area contributed by atoms with Crippen LogP contribution in [0.15, 0.2) is 0 Å². The third kappa shape index (κ3) is 3.25. The first-order chi connectivity index (χ1) is 6.27. The fourth-order valence-electron chi connectivity index (χ4n) is 1.98. The molecule has 1 aliphatic heterocycles. The smallest absolute Gasteiger partial charge is 0.0698 e. The fourth-order valence-corrected chi connectivity index (χ4v) is 1.98. The molecule has 2 atom stereocenters. The monoisotopic (exact) mass is 186 g/mol. The first-order valence-corrected chi connectivity index (χ1v) is 5.19. The van der Waals surface area contributed by atoms with Crippen molar-refractivity contribution in [1.82, 2.24) is 10.2 Å². The first-order valence-electron chi connectivity index (χ1n) is 5.19. The summed E-state index contributed by atoms with van der Waals surface area (Å²) in [7, 11) is 3.82. The molecular formula is C10H22N2O. The summed E-state index contributed by atoms with van der Waals surface area (Å²) in [6.45, 7) is 5.66. The molecule has 13 heavy (non-hydrogen) atoms. The predicted octanol–water partition coefficient (Wildman–Crippen LogP) is 0.705. The third-order valence-electron chi connectivity index (χ3n) is 2.87. The number of likely N-dealkylation sites (N-methyl/N-ethyl adjacent to an activating group) is 1. The van der Waals surface area contributed by atoms with E-state index in [1.807, 2.05) is 14.2 Å². The molecule has 0 aromatic carbocycles. The van der Waals surface area contributed by atoms with E-state index in [4.69, 9.17) is 4.74 Å². The van der Waals surface area contributed by atoms with E-state index in [1.165, 1.54) is 19.4 Å². The van der Waals surface area contributed by atoms with Gasteiger partial charge in [0.1, 0.15) is 0 Å². The van der Waals surface area contributed by atoms with E-state index >= 15 is 0 Å². The maximum atomic E-state index is 5.39. The Hall–Kier alpha value is -0.120. The molecule has 0 spiro atoms. The van der Waals surface area contributed by atoms with Gasteiger partial charge in [0.15, 0.2) is 0 Å². The minimum Gasteiger partial charge on any atom is -0.380 e. The van der Waals surface area contributed by atoms with Crippen molar-refractivity contribution < 1.29 is 4.74 Å². The van der Waals surface area contributed by atoms with Crippen molar-refractivity contribution in [2.75, 3.05) is 33.8 Å². The Kier molecular flexibility index (Phi) is 4.70. The number of nitrogens with one attached hydrogen (secondary N) is 1. The third-order valence-corrected chi connectivity index (χ3v) is 2.87. The van der Waals surface area contributed by atoms with Gasteiger partial charge in [0.2, 0.25) is 0 Å². The van der Waals surface area contributed by atoms with Crippen LogP contribution in [0.3, 0.4) is 0 Å². The zero-order chi connectivity index (χ0) is 9.68. The van der Waals surface area contributed by atoms with E-state index in [0.29, 0.717) is 12.1 Å². The fraction of sp³-hybridized carbons (Fsp3) is 1.00. The van der Waals surface area contributed by atoms with E-state index in [9.17, 15) is 0 Å². The quantitative estimate of drug-likeness (QED) is 0.699. The normalized spacial score (nSPS) is 27.5. The van der Waals surface area contributed by atoms with Gasteiger partial charge in [0, 0.05) is 26.2 Å². The predicted molar refractivity (Wildman–Crippen MR) is 55.0 cm³/mol. The Morgan fingerprint density at radius 2 is 2.38 bits per heavy atom. The lowest BCUT2D eigenvalue weighted by atomic mass is 10.1. The highest BCUT2D eigenvalue weighted by atomic mass is 16.5. The second-order valence-electron chi connectivity index (χ2n) is 3.90. The molecule has 0 radical (unpaired) electrons. The molecule has 1 saturated heterocycles. The van der Waals surface area contributed by atoms with Crippen LogP contribution in [-0.2, 0) is 4.74 Å². The molecule has 0 bridgehead atoms. The SMILES string of the molecule is CNCC(C)N1CCCC(OC)C1. The molecule has 3 heteroatoms. The average Bonchev–Trinajstić information content (AvgIpc) is 2.18. The van der Waals surface area contributed by atoms with Crippen LogP contribution in [0.1, 0.15) is 19.8 Å². The topological polar surface area (TPSA) is 24.5 Å². The Bertz CT molecular complexity index is 141. The van der Waals surface area contributed by atoms with Gasteiger partial charge in [0.25, 0.3) is 0 Å². The van der Waals surface area contributed by atoms with Gasteiger partial charge in [0.05, 0.1) is 6.10 Å². The summed E-state index contributed by atoms with van der Waals surface area (Å²) in [5.74, 6) is 0. The first kappa shape index (κ1) is 11.0. The van der Waals surface area contributed by atoms with Crippen molar-refractivity contribution in [3.05, 3.63) is 0 Å². The number of hydrogen-bond donors (Lipinski definition) is 1. The Labute approximate surface area is 81.4 Å². The van der Waals surface area contributed by atoms with Crippen molar-refractivity contribution >= 4 is 0 Å². The summed E-state index contributed by atoms with van der Waals surface area (Å²) in [6, 6.07) is 0.628. The standard InChI is InChI=1S/C10H22N2O/c1-9(7-11-2)12-6-4-5-10(8-12)13-3/h9-11H,4-8H2,1-3H3. The molecule has 0 aromatic rings. The lowest BCUT2D eigenvalue weighted by molar-refractivity contribution is 0.0178. The number of ether oxygens (including phenoxy) is 1. The van der Waals surface area contributed by atoms with Gasteiger partial charge in [-0.2, -0.15) is 0 Å². The second-order valence-corrected chi connectivity index (χ2v) is 3.90. The zero-order valence-corrected chi connectivity index (χ0v) is 9.05.